The SMILES string of the molecule is c1ccc2sc(-c3ccc4cnc5ccccc5c4c3)cc2c1. The van der Waals surface area contributed by atoms with E-state index in [-0.39, 0.29) is 0 Å². The van der Waals surface area contributed by atoms with Crippen molar-refractivity contribution in [1.29, 1.82) is 0 Å². The molecule has 2 heteroatoms. The van der Waals surface area contributed by atoms with Crippen molar-refractivity contribution in [3.05, 3.63) is 79.0 Å². The topological polar surface area (TPSA) is 12.9 Å². The summed E-state index contributed by atoms with van der Waals surface area (Å²) < 4.78 is 1.34. The average molecular weight is 311 g/mol. The molecule has 5 aromatic rings. The lowest BCUT2D eigenvalue weighted by Gasteiger charge is -2.05. The minimum atomic E-state index is 1.05. The molecular formula is C21H13NS. The van der Waals surface area contributed by atoms with Crippen LogP contribution in [0.3, 0.4) is 0 Å². The predicted molar refractivity (Wildman–Crippen MR) is 100 cm³/mol. The number of rotatable bonds is 1. The molecule has 0 atom stereocenters. The zero-order valence-corrected chi connectivity index (χ0v) is 13.2. The molecule has 0 saturated carbocycles. The van der Waals surface area contributed by atoms with Gasteiger partial charge in [0.05, 0.1) is 5.52 Å². The minimum absolute atomic E-state index is 1.05. The van der Waals surface area contributed by atoms with Gasteiger partial charge in [-0.25, -0.2) is 0 Å². The number of nitrogens with zero attached hydrogens (tertiary/aromatic N) is 1. The van der Waals surface area contributed by atoms with Crippen LogP contribution < -0.4 is 0 Å². The van der Waals surface area contributed by atoms with Gasteiger partial charge in [-0.15, -0.1) is 11.3 Å². The lowest BCUT2D eigenvalue weighted by molar-refractivity contribution is 1.44. The Hall–Kier alpha value is -2.71. The highest BCUT2D eigenvalue weighted by Crippen LogP contribution is 2.35. The molecular weight excluding hydrogens is 298 g/mol. The normalized spacial score (nSPS) is 11.5. The summed E-state index contributed by atoms with van der Waals surface area (Å²) in [6.45, 7) is 0. The van der Waals surface area contributed by atoms with E-state index in [0.717, 1.165) is 5.52 Å². The molecule has 2 heterocycles. The Labute approximate surface area is 137 Å². The number of hydrogen-bond acceptors (Lipinski definition) is 2. The van der Waals surface area contributed by atoms with Crippen LogP contribution in [0.4, 0.5) is 0 Å². The Morgan fingerprint density at radius 2 is 1.57 bits per heavy atom. The maximum absolute atomic E-state index is 4.55. The van der Waals surface area contributed by atoms with Gasteiger partial charge in [-0.1, -0.05) is 48.5 Å². The molecule has 0 spiro atoms. The van der Waals surface area contributed by atoms with E-state index in [4.69, 9.17) is 0 Å². The minimum Gasteiger partial charge on any atom is -0.256 e. The van der Waals surface area contributed by atoms with E-state index in [1.807, 2.05) is 23.6 Å². The van der Waals surface area contributed by atoms with Crippen LogP contribution in [0.15, 0.2) is 79.0 Å². The van der Waals surface area contributed by atoms with Crippen molar-refractivity contribution in [2.75, 3.05) is 0 Å². The fourth-order valence-electron chi connectivity index (χ4n) is 3.13. The Morgan fingerprint density at radius 3 is 2.52 bits per heavy atom. The fraction of sp³-hybridized carbons (Fsp3) is 0. The third-order valence-corrected chi connectivity index (χ3v) is 5.47. The third-order valence-electron chi connectivity index (χ3n) is 4.30. The van der Waals surface area contributed by atoms with Gasteiger partial charge >= 0.3 is 0 Å². The van der Waals surface area contributed by atoms with Crippen molar-refractivity contribution in [3.8, 4) is 10.4 Å². The first kappa shape index (κ1) is 12.8. The van der Waals surface area contributed by atoms with E-state index >= 15 is 0 Å². The average Bonchev–Trinajstić information content (AvgIpc) is 3.05. The molecule has 5 rings (SSSR count). The molecule has 1 nitrogen and oxygen atoms in total. The Bertz CT molecular complexity index is 1140. The molecule has 0 aliphatic heterocycles. The van der Waals surface area contributed by atoms with Crippen molar-refractivity contribution >= 4 is 43.1 Å². The summed E-state index contributed by atoms with van der Waals surface area (Å²) in [6.07, 6.45) is 1.96. The van der Waals surface area contributed by atoms with Crippen molar-refractivity contribution in [2.24, 2.45) is 0 Å². The third kappa shape index (κ3) is 2.03. The number of pyridine rings is 1. The summed E-state index contributed by atoms with van der Waals surface area (Å²) in [5.74, 6) is 0. The van der Waals surface area contributed by atoms with Crippen LogP contribution in [0.5, 0.6) is 0 Å². The number of fused-ring (bicyclic) bond motifs is 4. The number of para-hydroxylation sites is 1. The summed E-state index contributed by atoms with van der Waals surface area (Å²) in [7, 11) is 0. The molecule has 0 aliphatic carbocycles. The van der Waals surface area contributed by atoms with E-state index < -0.39 is 0 Å². The van der Waals surface area contributed by atoms with Crippen molar-refractivity contribution in [2.45, 2.75) is 0 Å². The summed E-state index contributed by atoms with van der Waals surface area (Å²) in [5.41, 5.74) is 2.32. The van der Waals surface area contributed by atoms with E-state index in [1.165, 1.54) is 36.7 Å². The van der Waals surface area contributed by atoms with Gasteiger partial charge in [0.1, 0.15) is 0 Å². The lowest BCUT2D eigenvalue weighted by Crippen LogP contribution is -1.82. The van der Waals surface area contributed by atoms with Crippen LogP contribution in [-0.2, 0) is 0 Å². The van der Waals surface area contributed by atoms with Crippen molar-refractivity contribution in [3.63, 3.8) is 0 Å². The van der Waals surface area contributed by atoms with Gasteiger partial charge in [0, 0.05) is 26.5 Å². The second-order valence-corrected chi connectivity index (χ2v) is 6.81. The monoisotopic (exact) mass is 311 g/mol. The van der Waals surface area contributed by atoms with E-state index in [2.05, 4.69) is 71.7 Å². The van der Waals surface area contributed by atoms with Crippen LogP contribution in [0.2, 0.25) is 0 Å². The van der Waals surface area contributed by atoms with Crippen LogP contribution in [-0.4, -0.2) is 4.98 Å². The molecule has 0 radical (unpaired) electrons. The van der Waals surface area contributed by atoms with Gasteiger partial charge in [-0.2, -0.15) is 0 Å². The van der Waals surface area contributed by atoms with E-state index in [1.54, 1.807) is 0 Å². The first-order chi connectivity index (χ1) is 11.4. The molecule has 0 bridgehead atoms. The van der Waals surface area contributed by atoms with Gasteiger partial charge in [0.15, 0.2) is 0 Å². The second-order valence-electron chi connectivity index (χ2n) is 5.73. The van der Waals surface area contributed by atoms with Crippen LogP contribution >= 0.6 is 11.3 Å². The summed E-state index contributed by atoms with van der Waals surface area (Å²) in [5, 5.41) is 4.99. The molecule has 0 amide bonds. The zero-order chi connectivity index (χ0) is 15.2. The molecule has 23 heavy (non-hydrogen) atoms. The van der Waals surface area contributed by atoms with Crippen LogP contribution in [0.1, 0.15) is 0 Å². The molecule has 108 valence electrons. The van der Waals surface area contributed by atoms with E-state index in [0.29, 0.717) is 0 Å². The molecule has 0 unspecified atom stereocenters. The first-order valence-corrected chi connectivity index (χ1v) is 8.47. The molecule has 3 aromatic carbocycles. The largest absolute Gasteiger partial charge is 0.256 e. The van der Waals surface area contributed by atoms with Gasteiger partial charge in [0.2, 0.25) is 0 Å². The number of benzene rings is 3. The number of aromatic nitrogens is 1. The van der Waals surface area contributed by atoms with Gasteiger partial charge < -0.3 is 0 Å². The predicted octanol–water partition coefficient (Wildman–Crippen LogP) is 6.27. The van der Waals surface area contributed by atoms with E-state index in [9.17, 15) is 0 Å². The second kappa shape index (κ2) is 4.90. The van der Waals surface area contributed by atoms with Gasteiger partial charge in [-0.05, 0) is 40.6 Å². The van der Waals surface area contributed by atoms with Crippen LogP contribution in [0.25, 0.3) is 42.2 Å². The van der Waals surface area contributed by atoms with Crippen molar-refractivity contribution in [1.82, 2.24) is 4.98 Å². The Kier molecular flexibility index (Phi) is 2.73. The maximum atomic E-state index is 4.55. The summed E-state index contributed by atoms with van der Waals surface area (Å²) >= 11 is 1.85. The standard InChI is InChI=1S/C21H13NS/c1-4-8-20-14(5-1)12-21(23-20)15-9-10-16-13-22-19-7-3-2-6-17(19)18(16)11-15/h1-13H. The smallest absolute Gasteiger partial charge is 0.0708 e. The first-order valence-electron chi connectivity index (χ1n) is 7.65. The highest BCUT2D eigenvalue weighted by molar-refractivity contribution is 7.22. The Balaban J connectivity index is 1.80. The molecule has 0 saturated heterocycles. The molecule has 0 N–H and O–H groups in total. The highest BCUT2D eigenvalue weighted by Gasteiger charge is 2.07. The highest BCUT2D eigenvalue weighted by atomic mass is 32.1. The maximum Gasteiger partial charge on any atom is 0.0708 e. The van der Waals surface area contributed by atoms with Gasteiger partial charge in [-0.3, -0.25) is 4.98 Å². The molecule has 2 aromatic heterocycles. The zero-order valence-electron chi connectivity index (χ0n) is 12.4. The summed E-state index contributed by atoms with van der Waals surface area (Å²) in [4.78, 5) is 5.86. The van der Waals surface area contributed by atoms with Crippen molar-refractivity contribution < 1.29 is 0 Å². The number of thiophene rings is 1. The van der Waals surface area contributed by atoms with Crippen LogP contribution in [0, 0.1) is 0 Å². The quantitative estimate of drug-likeness (QED) is 0.332. The Morgan fingerprint density at radius 1 is 0.696 bits per heavy atom. The fourth-order valence-corrected chi connectivity index (χ4v) is 4.19. The molecule has 0 aliphatic rings. The number of hydrogen-bond donors (Lipinski definition) is 0. The summed E-state index contributed by atoms with van der Waals surface area (Å²) in [6, 6.07) is 25.8. The molecule has 0 fully saturated rings. The van der Waals surface area contributed by atoms with Gasteiger partial charge in [0.25, 0.3) is 0 Å². The lowest BCUT2D eigenvalue weighted by atomic mass is 10.0.